The van der Waals surface area contributed by atoms with Crippen molar-refractivity contribution in [2.75, 3.05) is 46.8 Å². The molecule has 2 fully saturated rings. The molecule has 5 heteroatoms. The number of aromatic nitrogens is 2. The molecule has 4 rings (SSSR count). The Morgan fingerprint density at radius 2 is 1.79 bits per heavy atom. The van der Waals surface area contributed by atoms with E-state index in [9.17, 15) is 0 Å². The van der Waals surface area contributed by atoms with Gasteiger partial charge in [-0.25, -0.2) is 4.68 Å². The van der Waals surface area contributed by atoms with E-state index >= 15 is 0 Å². The van der Waals surface area contributed by atoms with Crippen LogP contribution in [-0.4, -0.2) is 76.8 Å². The minimum Gasteiger partial charge on any atom is -0.306 e. The Hall–Kier alpha value is -1.69. The zero-order chi connectivity index (χ0) is 19.7. The van der Waals surface area contributed by atoms with Crippen molar-refractivity contribution in [2.24, 2.45) is 0 Å². The van der Waals surface area contributed by atoms with Gasteiger partial charge >= 0.3 is 0 Å². The summed E-state index contributed by atoms with van der Waals surface area (Å²) in [5, 5.41) is 4.66. The number of rotatable bonds is 3. The monoisotopic (exact) mass is 381 g/mol. The van der Waals surface area contributed by atoms with Crippen molar-refractivity contribution in [3.8, 4) is 5.69 Å². The molecule has 0 aliphatic carbocycles. The number of benzene rings is 1. The highest BCUT2D eigenvalue weighted by molar-refractivity contribution is 5.37. The van der Waals surface area contributed by atoms with Gasteiger partial charge in [-0.05, 0) is 97.1 Å². The van der Waals surface area contributed by atoms with Crippen LogP contribution in [0.1, 0.15) is 36.2 Å². The molecule has 0 radical (unpaired) electrons. The predicted molar refractivity (Wildman–Crippen MR) is 115 cm³/mol. The highest BCUT2D eigenvalue weighted by atomic mass is 15.3. The molecule has 152 valence electrons. The van der Waals surface area contributed by atoms with Gasteiger partial charge < -0.3 is 4.90 Å². The fourth-order valence-corrected chi connectivity index (χ4v) is 5.03. The lowest BCUT2D eigenvalue weighted by molar-refractivity contribution is 0.0337. The van der Waals surface area contributed by atoms with E-state index in [1.165, 1.54) is 68.9 Å². The lowest BCUT2D eigenvalue weighted by Crippen LogP contribution is -2.57. The number of likely N-dealkylation sites (tertiary alicyclic amines) is 1. The molecule has 0 bridgehead atoms. The maximum atomic E-state index is 4.66. The van der Waals surface area contributed by atoms with E-state index in [-0.39, 0.29) is 0 Å². The van der Waals surface area contributed by atoms with Crippen molar-refractivity contribution < 1.29 is 0 Å². The van der Waals surface area contributed by atoms with Crippen LogP contribution in [-0.2, 0) is 6.54 Å². The number of nitrogens with zero attached hydrogens (tertiary/aromatic N) is 5. The summed E-state index contributed by atoms with van der Waals surface area (Å²) in [6, 6.07) is 11.1. The van der Waals surface area contributed by atoms with E-state index in [2.05, 4.69) is 82.8 Å². The molecule has 0 amide bonds. The Morgan fingerprint density at radius 3 is 2.50 bits per heavy atom. The van der Waals surface area contributed by atoms with Gasteiger partial charge in [0.2, 0.25) is 0 Å². The Balaban J connectivity index is 1.52. The maximum Gasteiger partial charge on any atom is 0.0651 e. The number of piperidine rings is 1. The summed E-state index contributed by atoms with van der Waals surface area (Å²) in [4.78, 5) is 7.83. The Kier molecular flexibility index (Phi) is 5.59. The molecule has 3 heterocycles. The maximum absolute atomic E-state index is 4.66. The fourth-order valence-electron chi connectivity index (χ4n) is 5.03. The number of likely N-dealkylation sites (N-methyl/N-ethyl adjacent to an activating group) is 1. The lowest BCUT2D eigenvalue weighted by atomic mass is 9.85. The molecule has 0 atom stereocenters. The highest BCUT2D eigenvalue weighted by Crippen LogP contribution is 2.31. The minimum absolute atomic E-state index is 0.344. The van der Waals surface area contributed by atoms with Crippen LogP contribution in [0.4, 0.5) is 0 Å². The molecule has 1 aromatic heterocycles. The smallest absolute Gasteiger partial charge is 0.0651 e. The van der Waals surface area contributed by atoms with Crippen LogP contribution in [0.3, 0.4) is 0 Å². The first-order valence-electron chi connectivity index (χ1n) is 10.7. The second kappa shape index (κ2) is 7.97. The zero-order valence-corrected chi connectivity index (χ0v) is 18.0. The number of hydrogen-bond acceptors (Lipinski definition) is 4. The summed E-state index contributed by atoms with van der Waals surface area (Å²) in [7, 11) is 4.60. The topological polar surface area (TPSA) is 27.5 Å². The van der Waals surface area contributed by atoms with E-state index in [0.29, 0.717) is 5.54 Å². The zero-order valence-electron chi connectivity index (χ0n) is 18.0. The summed E-state index contributed by atoms with van der Waals surface area (Å²) in [5.74, 6) is 0. The largest absolute Gasteiger partial charge is 0.306 e. The summed E-state index contributed by atoms with van der Waals surface area (Å²) in [6.45, 7) is 11.2. The van der Waals surface area contributed by atoms with Crippen molar-refractivity contribution in [3.63, 3.8) is 0 Å². The van der Waals surface area contributed by atoms with Gasteiger partial charge in [0, 0.05) is 24.3 Å². The van der Waals surface area contributed by atoms with E-state index in [1.807, 2.05) is 0 Å². The van der Waals surface area contributed by atoms with Crippen LogP contribution < -0.4 is 0 Å². The van der Waals surface area contributed by atoms with Gasteiger partial charge in [0.05, 0.1) is 11.4 Å². The molecule has 0 saturated carbocycles. The Labute approximate surface area is 169 Å². The van der Waals surface area contributed by atoms with Gasteiger partial charge in [0.15, 0.2) is 0 Å². The van der Waals surface area contributed by atoms with Gasteiger partial charge in [0.1, 0.15) is 0 Å². The highest BCUT2D eigenvalue weighted by Gasteiger charge is 2.40. The van der Waals surface area contributed by atoms with Crippen molar-refractivity contribution in [3.05, 3.63) is 47.3 Å². The molecule has 1 aromatic carbocycles. The van der Waals surface area contributed by atoms with Gasteiger partial charge in [0.25, 0.3) is 0 Å². The second-order valence-corrected chi connectivity index (χ2v) is 9.02. The lowest BCUT2D eigenvalue weighted by Gasteiger charge is -2.47. The van der Waals surface area contributed by atoms with Crippen molar-refractivity contribution in [1.29, 1.82) is 0 Å². The number of hydrogen-bond donors (Lipinski definition) is 0. The van der Waals surface area contributed by atoms with Crippen LogP contribution >= 0.6 is 0 Å². The molecule has 1 spiro atoms. The third-order valence-electron chi connectivity index (χ3n) is 6.78. The standard InChI is InChI=1S/C23H35N5/c1-19-15-20(2)28(24-19)22-8-5-7-21(16-22)17-27-12-6-11-26(4)23(18-27)9-13-25(3)14-10-23/h5,7-8,15-16H,6,9-14,17-18H2,1-4H3. The van der Waals surface area contributed by atoms with E-state index < -0.39 is 0 Å². The molecule has 0 unspecified atom stereocenters. The summed E-state index contributed by atoms with van der Waals surface area (Å²) >= 11 is 0. The molecule has 2 aromatic rings. The third kappa shape index (κ3) is 4.02. The van der Waals surface area contributed by atoms with Gasteiger partial charge in [-0.1, -0.05) is 12.1 Å². The summed E-state index contributed by atoms with van der Waals surface area (Å²) in [5.41, 5.74) is 5.16. The Bertz CT molecular complexity index is 803. The number of aryl methyl sites for hydroxylation is 2. The normalized spacial score (nSPS) is 21.9. The molecule has 2 aliphatic rings. The van der Waals surface area contributed by atoms with Crippen molar-refractivity contribution in [2.45, 2.75) is 45.2 Å². The van der Waals surface area contributed by atoms with E-state index in [0.717, 1.165) is 12.2 Å². The first-order valence-corrected chi connectivity index (χ1v) is 10.7. The molecule has 5 nitrogen and oxygen atoms in total. The molecule has 28 heavy (non-hydrogen) atoms. The first-order chi connectivity index (χ1) is 13.4. The van der Waals surface area contributed by atoms with Gasteiger partial charge in [-0.15, -0.1) is 0 Å². The van der Waals surface area contributed by atoms with Gasteiger partial charge in [-0.2, -0.15) is 5.10 Å². The van der Waals surface area contributed by atoms with E-state index in [4.69, 9.17) is 0 Å². The minimum atomic E-state index is 0.344. The third-order valence-corrected chi connectivity index (χ3v) is 6.78. The second-order valence-electron chi connectivity index (χ2n) is 9.02. The van der Waals surface area contributed by atoms with E-state index in [1.54, 1.807) is 0 Å². The summed E-state index contributed by atoms with van der Waals surface area (Å²) < 4.78 is 2.06. The van der Waals surface area contributed by atoms with Crippen molar-refractivity contribution >= 4 is 0 Å². The molecular formula is C23H35N5. The first kappa shape index (κ1) is 19.6. The van der Waals surface area contributed by atoms with Crippen LogP contribution in [0.5, 0.6) is 0 Å². The van der Waals surface area contributed by atoms with Crippen LogP contribution in [0.25, 0.3) is 5.69 Å². The van der Waals surface area contributed by atoms with Gasteiger partial charge in [-0.3, -0.25) is 9.80 Å². The SMILES string of the molecule is Cc1cc(C)n(-c2cccc(CN3CCCN(C)C4(CCN(C)CC4)C3)c2)n1. The predicted octanol–water partition coefficient (Wildman–Crippen LogP) is 3.09. The molecular weight excluding hydrogens is 346 g/mol. The molecule has 2 aliphatic heterocycles. The average Bonchev–Trinajstić information content (AvgIpc) is 2.94. The van der Waals surface area contributed by atoms with Crippen LogP contribution in [0.2, 0.25) is 0 Å². The molecule has 0 N–H and O–H groups in total. The van der Waals surface area contributed by atoms with Crippen molar-refractivity contribution in [1.82, 2.24) is 24.5 Å². The Morgan fingerprint density at radius 1 is 1.00 bits per heavy atom. The fraction of sp³-hybridized carbons (Fsp3) is 0.609. The average molecular weight is 382 g/mol. The quantitative estimate of drug-likeness (QED) is 0.817. The van der Waals surface area contributed by atoms with Crippen LogP contribution in [0.15, 0.2) is 30.3 Å². The summed E-state index contributed by atoms with van der Waals surface area (Å²) in [6.07, 6.45) is 3.82. The van der Waals surface area contributed by atoms with Crippen LogP contribution in [0, 0.1) is 13.8 Å². The molecule has 2 saturated heterocycles.